The van der Waals surface area contributed by atoms with E-state index in [0.29, 0.717) is 0 Å². The monoisotopic (exact) mass is 285 g/mol. The molecule has 106 valence electrons. The van der Waals surface area contributed by atoms with Crippen LogP contribution in [0.5, 0.6) is 0 Å². The fraction of sp³-hybridized carbons (Fsp3) is 0.333. The van der Waals surface area contributed by atoms with E-state index in [1.54, 1.807) is 0 Å². The fourth-order valence-corrected chi connectivity index (χ4v) is 2.98. The van der Waals surface area contributed by atoms with Gasteiger partial charge >= 0.3 is 0 Å². The van der Waals surface area contributed by atoms with Gasteiger partial charge in [0.05, 0.1) is 0 Å². The maximum Gasteiger partial charge on any atom is 0.00719 e. The van der Waals surface area contributed by atoms with Crippen molar-refractivity contribution >= 4 is 11.8 Å². The quantitative estimate of drug-likeness (QED) is 0.524. The van der Waals surface area contributed by atoms with Crippen LogP contribution in [0.15, 0.2) is 65.6 Å². The molecule has 0 N–H and O–H groups in total. The molecule has 1 nitrogen and oxygen atoms in total. The zero-order valence-corrected chi connectivity index (χ0v) is 13.0. The summed E-state index contributed by atoms with van der Waals surface area (Å²) in [5.74, 6) is 1.19. The van der Waals surface area contributed by atoms with E-state index in [2.05, 4.69) is 72.6 Å². The van der Waals surface area contributed by atoms with Gasteiger partial charge in [-0.15, -0.1) is 11.8 Å². The van der Waals surface area contributed by atoms with Gasteiger partial charge in [0.15, 0.2) is 0 Å². The normalized spacial score (nSPS) is 10.9. The first-order valence-electron chi connectivity index (χ1n) is 7.25. The maximum absolute atomic E-state index is 2.43. The smallest absolute Gasteiger partial charge is 0.00719 e. The summed E-state index contributed by atoms with van der Waals surface area (Å²) in [5, 5.41) is 0. The van der Waals surface area contributed by atoms with Gasteiger partial charge in [0.25, 0.3) is 0 Å². The predicted molar refractivity (Wildman–Crippen MR) is 89.4 cm³/mol. The predicted octanol–water partition coefficient (Wildman–Crippen LogP) is 4.34. The Labute approximate surface area is 127 Å². The Morgan fingerprint density at radius 1 is 0.850 bits per heavy atom. The van der Waals surface area contributed by atoms with Gasteiger partial charge in [-0.3, -0.25) is 0 Å². The Morgan fingerprint density at radius 2 is 1.50 bits per heavy atom. The number of hydrogen-bond acceptors (Lipinski definition) is 2. The van der Waals surface area contributed by atoms with Crippen molar-refractivity contribution < 1.29 is 0 Å². The molecule has 0 unspecified atom stereocenters. The Hall–Kier alpha value is -1.25. The van der Waals surface area contributed by atoms with Crippen molar-refractivity contribution in [3.05, 3.63) is 66.2 Å². The molecule has 0 heterocycles. The van der Waals surface area contributed by atoms with E-state index in [9.17, 15) is 0 Å². The minimum Gasteiger partial charge on any atom is -0.306 e. The maximum atomic E-state index is 2.43. The Morgan fingerprint density at radius 3 is 2.20 bits per heavy atom. The van der Waals surface area contributed by atoms with E-state index in [0.717, 1.165) is 13.0 Å². The summed E-state index contributed by atoms with van der Waals surface area (Å²) in [4.78, 5) is 3.80. The van der Waals surface area contributed by atoms with Gasteiger partial charge in [0.2, 0.25) is 0 Å². The van der Waals surface area contributed by atoms with Gasteiger partial charge in [0.1, 0.15) is 0 Å². The van der Waals surface area contributed by atoms with Crippen LogP contribution in [0.2, 0.25) is 0 Å². The van der Waals surface area contributed by atoms with Crippen LogP contribution in [0.1, 0.15) is 12.0 Å². The first-order valence-corrected chi connectivity index (χ1v) is 8.23. The second kappa shape index (κ2) is 8.83. The average Bonchev–Trinajstić information content (AvgIpc) is 2.52. The second-order valence-corrected chi connectivity index (χ2v) is 6.22. The third-order valence-electron chi connectivity index (χ3n) is 3.32. The number of thioether (sulfide) groups is 1. The summed E-state index contributed by atoms with van der Waals surface area (Å²) in [7, 11) is 2.22. The highest BCUT2D eigenvalue weighted by Crippen LogP contribution is 2.17. The molecule has 0 aliphatic carbocycles. The largest absolute Gasteiger partial charge is 0.306 e. The van der Waals surface area contributed by atoms with Crippen molar-refractivity contribution in [3.8, 4) is 0 Å². The molecule has 0 radical (unpaired) electrons. The molecular formula is C18H23NS. The van der Waals surface area contributed by atoms with E-state index in [1.165, 1.54) is 29.2 Å². The van der Waals surface area contributed by atoms with Crippen molar-refractivity contribution in [1.82, 2.24) is 4.90 Å². The first-order chi connectivity index (χ1) is 9.84. The molecule has 0 saturated heterocycles. The lowest BCUT2D eigenvalue weighted by Crippen LogP contribution is -2.22. The van der Waals surface area contributed by atoms with Crippen LogP contribution in [0.25, 0.3) is 0 Å². The van der Waals surface area contributed by atoms with Gasteiger partial charge in [-0.05, 0) is 49.9 Å². The Bertz CT molecular complexity index is 469. The molecule has 2 aromatic carbocycles. The standard InChI is InChI=1S/C18H23NS/c1-19(15-13-17-9-4-2-5-10-17)14-8-16-20-18-11-6-3-7-12-18/h2-7,9-12H,8,13-16H2,1H3. The minimum absolute atomic E-state index is 1.14. The summed E-state index contributed by atoms with van der Waals surface area (Å²) in [6, 6.07) is 21.4. The molecule has 0 saturated carbocycles. The van der Waals surface area contributed by atoms with E-state index < -0.39 is 0 Å². The Kier molecular flexibility index (Phi) is 6.69. The molecule has 0 aromatic heterocycles. The molecule has 2 rings (SSSR count). The van der Waals surface area contributed by atoms with Crippen LogP contribution in [0.4, 0.5) is 0 Å². The van der Waals surface area contributed by atoms with Crippen LogP contribution >= 0.6 is 11.8 Å². The molecule has 0 bridgehead atoms. The van der Waals surface area contributed by atoms with Gasteiger partial charge in [-0.2, -0.15) is 0 Å². The Balaban J connectivity index is 1.57. The number of nitrogens with zero attached hydrogens (tertiary/aromatic N) is 1. The minimum atomic E-state index is 1.14. The highest BCUT2D eigenvalue weighted by Gasteiger charge is 2.00. The molecule has 0 atom stereocenters. The number of hydrogen-bond donors (Lipinski definition) is 0. The zero-order chi connectivity index (χ0) is 14.0. The van der Waals surface area contributed by atoms with E-state index >= 15 is 0 Å². The van der Waals surface area contributed by atoms with Gasteiger partial charge in [-0.25, -0.2) is 0 Å². The van der Waals surface area contributed by atoms with Crippen molar-refractivity contribution in [3.63, 3.8) is 0 Å². The lowest BCUT2D eigenvalue weighted by molar-refractivity contribution is 0.340. The van der Waals surface area contributed by atoms with Crippen LogP contribution in [0.3, 0.4) is 0 Å². The van der Waals surface area contributed by atoms with Gasteiger partial charge < -0.3 is 4.90 Å². The summed E-state index contributed by atoms with van der Waals surface area (Å²) >= 11 is 1.95. The molecule has 0 amide bonds. The third-order valence-corrected chi connectivity index (χ3v) is 4.42. The zero-order valence-electron chi connectivity index (χ0n) is 12.2. The highest BCUT2D eigenvalue weighted by molar-refractivity contribution is 7.99. The number of benzene rings is 2. The highest BCUT2D eigenvalue weighted by atomic mass is 32.2. The molecule has 2 aromatic rings. The topological polar surface area (TPSA) is 3.24 Å². The molecular weight excluding hydrogens is 262 g/mol. The SMILES string of the molecule is CN(CCCSc1ccccc1)CCc1ccccc1. The van der Waals surface area contributed by atoms with Crippen molar-refractivity contribution in [2.24, 2.45) is 0 Å². The van der Waals surface area contributed by atoms with Crippen molar-refractivity contribution in [2.45, 2.75) is 17.7 Å². The van der Waals surface area contributed by atoms with E-state index in [1.807, 2.05) is 11.8 Å². The lowest BCUT2D eigenvalue weighted by atomic mass is 10.1. The van der Waals surface area contributed by atoms with Crippen LogP contribution in [-0.4, -0.2) is 30.8 Å². The molecule has 0 spiro atoms. The van der Waals surface area contributed by atoms with Crippen molar-refractivity contribution in [2.75, 3.05) is 25.9 Å². The lowest BCUT2D eigenvalue weighted by Gasteiger charge is -2.16. The van der Waals surface area contributed by atoms with E-state index in [-0.39, 0.29) is 0 Å². The summed E-state index contributed by atoms with van der Waals surface area (Å²) in [6.07, 6.45) is 2.38. The van der Waals surface area contributed by atoms with Crippen LogP contribution in [-0.2, 0) is 6.42 Å². The summed E-state index contributed by atoms with van der Waals surface area (Å²) in [5.41, 5.74) is 1.43. The summed E-state index contributed by atoms with van der Waals surface area (Å²) < 4.78 is 0. The van der Waals surface area contributed by atoms with Gasteiger partial charge in [0, 0.05) is 11.4 Å². The summed E-state index contributed by atoms with van der Waals surface area (Å²) in [6.45, 7) is 2.31. The molecule has 0 aliphatic heterocycles. The van der Waals surface area contributed by atoms with Crippen LogP contribution < -0.4 is 0 Å². The van der Waals surface area contributed by atoms with Gasteiger partial charge in [-0.1, -0.05) is 48.5 Å². The first kappa shape index (κ1) is 15.1. The average molecular weight is 285 g/mol. The van der Waals surface area contributed by atoms with E-state index in [4.69, 9.17) is 0 Å². The third kappa shape index (κ3) is 5.81. The van der Waals surface area contributed by atoms with Crippen molar-refractivity contribution in [1.29, 1.82) is 0 Å². The second-order valence-electron chi connectivity index (χ2n) is 5.05. The molecule has 0 fully saturated rings. The van der Waals surface area contributed by atoms with Crippen LogP contribution in [0, 0.1) is 0 Å². The molecule has 2 heteroatoms. The molecule has 0 aliphatic rings. The number of likely N-dealkylation sites (N-methyl/N-ethyl adjacent to an activating group) is 1. The fourth-order valence-electron chi connectivity index (χ4n) is 2.12. The number of rotatable bonds is 8. The molecule has 20 heavy (non-hydrogen) atoms.